The van der Waals surface area contributed by atoms with Crippen molar-refractivity contribution in [3.8, 4) is 0 Å². The number of carbonyl (C=O) groups excluding carboxylic acids is 2. The zero-order chi connectivity index (χ0) is 15.4. The summed E-state index contributed by atoms with van der Waals surface area (Å²) in [5.41, 5.74) is 2.19. The van der Waals surface area contributed by atoms with E-state index in [0.29, 0.717) is 25.3 Å². The number of carbonyl (C=O) groups is 2. The molecule has 1 aliphatic heterocycles. The Morgan fingerprint density at radius 3 is 2.67 bits per heavy atom. The van der Waals surface area contributed by atoms with Gasteiger partial charge in [0.2, 0.25) is 11.8 Å². The molecule has 0 aromatic heterocycles. The van der Waals surface area contributed by atoms with E-state index >= 15 is 0 Å². The van der Waals surface area contributed by atoms with Crippen molar-refractivity contribution in [2.24, 2.45) is 5.92 Å². The van der Waals surface area contributed by atoms with Gasteiger partial charge in [-0.25, -0.2) is 0 Å². The minimum atomic E-state index is -0.427. The molecule has 0 aliphatic carbocycles. The number of para-hydroxylation sites is 1. The fourth-order valence-electron chi connectivity index (χ4n) is 2.74. The molecule has 2 rings (SSSR count). The second-order valence-corrected chi connectivity index (χ2v) is 5.97. The number of amides is 2. The molecule has 1 aliphatic rings. The fraction of sp³-hybridized carbons (Fsp3) is 0.529. The summed E-state index contributed by atoms with van der Waals surface area (Å²) < 4.78 is 0. The van der Waals surface area contributed by atoms with Crippen molar-refractivity contribution >= 4 is 17.5 Å². The average molecular weight is 288 g/mol. The number of hydrogen-bond donors (Lipinski definition) is 1. The third-order valence-corrected chi connectivity index (χ3v) is 3.81. The average Bonchev–Trinajstić information content (AvgIpc) is 2.89. The summed E-state index contributed by atoms with van der Waals surface area (Å²) >= 11 is 0. The van der Waals surface area contributed by atoms with Crippen molar-refractivity contribution in [2.75, 3.05) is 11.4 Å². The lowest BCUT2D eigenvalue weighted by Gasteiger charge is -2.26. The molecule has 0 spiro atoms. The van der Waals surface area contributed by atoms with Crippen molar-refractivity contribution in [3.63, 3.8) is 0 Å². The minimum Gasteiger partial charge on any atom is -0.344 e. The van der Waals surface area contributed by atoms with E-state index in [1.807, 2.05) is 23.1 Å². The summed E-state index contributed by atoms with van der Waals surface area (Å²) in [6.07, 6.45) is 1.96. The standard InChI is InChI=1S/C17H24N2O2/c1-4-16(20)18-14(11-12(2)3)17(21)19-10-9-13-7-5-6-8-15(13)19/h5-8,12,14H,4,9-11H2,1-3H3,(H,18,20)/t14-/m1/s1. The number of nitrogens with zero attached hydrogens (tertiary/aromatic N) is 1. The van der Waals surface area contributed by atoms with E-state index in [2.05, 4.69) is 25.2 Å². The van der Waals surface area contributed by atoms with Gasteiger partial charge in [0.15, 0.2) is 0 Å². The summed E-state index contributed by atoms with van der Waals surface area (Å²) in [4.78, 5) is 26.3. The van der Waals surface area contributed by atoms with Gasteiger partial charge in [0.25, 0.3) is 0 Å². The Labute approximate surface area is 126 Å². The van der Waals surface area contributed by atoms with Gasteiger partial charge in [-0.15, -0.1) is 0 Å². The van der Waals surface area contributed by atoms with E-state index in [-0.39, 0.29) is 11.8 Å². The van der Waals surface area contributed by atoms with Crippen LogP contribution in [0.4, 0.5) is 5.69 Å². The first-order valence-electron chi connectivity index (χ1n) is 7.71. The van der Waals surface area contributed by atoms with Gasteiger partial charge < -0.3 is 10.2 Å². The van der Waals surface area contributed by atoms with Crippen molar-refractivity contribution in [1.29, 1.82) is 0 Å². The zero-order valence-corrected chi connectivity index (χ0v) is 13.1. The van der Waals surface area contributed by atoms with E-state index < -0.39 is 6.04 Å². The van der Waals surface area contributed by atoms with E-state index in [9.17, 15) is 9.59 Å². The predicted molar refractivity (Wildman–Crippen MR) is 84.2 cm³/mol. The summed E-state index contributed by atoms with van der Waals surface area (Å²) in [5.74, 6) is 0.297. The lowest BCUT2D eigenvalue weighted by atomic mass is 10.0. The van der Waals surface area contributed by atoms with Crippen LogP contribution in [-0.2, 0) is 16.0 Å². The molecular formula is C17H24N2O2. The van der Waals surface area contributed by atoms with Gasteiger partial charge in [-0.1, -0.05) is 39.0 Å². The third-order valence-electron chi connectivity index (χ3n) is 3.81. The maximum Gasteiger partial charge on any atom is 0.249 e. The van der Waals surface area contributed by atoms with Crippen molar-refractivity contribution < 1.29 is 9.59 Å². The van der Waals surface area contributed by atoms with Crippen LogP contribution in [0.15, 0.2) is 24.3 Å². The number of nitrogens with one attached hydrogen (secondary N) is 1. The maximum absolute atomic E-state index is 12.8. The van der Waals surface area contributed by atoms with Gasteiger partial charge in [0.1, 0.15) is 6.04 Å². The van der Waals surface area contributed by atoms with Crippen LogP contribution in [-0.4, -0.2) is 24.4 Å². The van der Waals surface area contributed by atoms with E-state index in [0.717, 1.165) is 12.1 Å². The second kappa shape index (κ2) is 6.74. The van der Waals surface area contributed by atoms with E-state index in [4.69, 9.17) is 0 Å². The molecule has 0 saturated carbocycles. The molecular weight excluding hydrogens is 264 g/mol. The molecule has 0 fully saturated rings. The largest absolute Gasteiger partial charge is 0.344 e. The third kappa shape index (κ3) is 3.63. The monoisotopic (exact) mass is 288 g/mol. The second-order valence-electron chi connectivity index (χ2n) is 5.97. The first-order chi connectivity index (χ1) is 10.0. The first kappa shape index (κ1) is 15.5. The Balaban J connectivity index is 2.16. The van der Waals surface area contributed by atoms with Crippen LogP contribution in [0.25, 0.3) is 0 Å². The van der Waals surface area contributed by atoms with Gasteiger partial charge in [-0.2, -0.15) is 0 Å². The van der Waals surface area contributed by atoms with Gasteiger partial charge in [-0.05, 0) is 30.4 Å². The first-order valence-corrected chi connectivity index (χ1v) is 7.71. The number of hydrogen-bond acceptors (Lipinski definition) is 2. The van der Waals surface area contributed by atoms with Crippen LogP contribution >= 0.6 is 0 Å². The number of benzene rings is 1. The molecule has 0 unspecified atom stereocenters. The lowest BCUT2D eigenvalue weighted by Crippen LogP contribution is -2.48. The van der Waals surface area contributed by atoms with E-state index in [1.54, 1.807) is 6.92 Å². The highest BCUT2D eigenvalue weighted by Crippen LogP contribution is 2.28. The highest BCUT2D eigenvalue weighted by molar-refractivity contribution is 6.00. The maximum atomic E-state index is 12.8. The smallest absolute Gasteiger partial charge is 0.249 e. The quantitative estimate of drug-likeness (QED) is 0.905. The molecule has 1 N–H and O–H groups in total. The normalized spacial score (nSPS) is 15.0. The topological polar surface area (TPSA) is 49.4 Å². The molecule has 21 heavy (non-hydrogen) atoms. The molecule has 1 aromatic rings. The predicted octanol–water partition coefficient (Wildman–Crippen LogP) is 2.52. The highest BCUT2D eigenvalue weighted by Gasteiger charge is 2.31. The molecule has 1 atom stereocenters. The molecule has 4 nitrogen and oxygen atoms in total. The molecule has 2 amide bonds. The molecule has 114 valence electrons. The molecule has 0 saturated heterocycles. The lowest BCUT2D eigenvalue weighted by molar-refractivity contribution is -0.127. The molecule has 0 bridgehead atoms. The Hall–Kier alpha value is -1.84. The summed E-state index contributed by atoms with van der Waals surface area (Å²) in [5, 5.41) is 2.88. The highest BCUT2D eigenvalue weighted by atomic mass is 16.2. The molecule has 1 heterocycles. The fourth-order valence-corrected chi connectivity index (χ4v) is 2.74. The number of anilines is 1. The van der Waals surface area contributed by atoms with Crippen molar-refractivity contribution in [3.05, 3.63) is 29.8 Å². The summed E-state index contributed by atoms with van der Waals surface area (Å²) in [6, 6.07) is 7.56. The Kier molecular flexibility index (Phi) is 4.99. The van der Waals surface area contributed by atoms with Gasteiger partial charge in [0, 0.05) is 18.7 Å². The van der Waals surface area contributed by atoms with Crippen molar-refractivity contribution in [1.82, 2.24) is 5.32 Å². The Morgan fingerprint density at radius 2 is 2.00 bits per heavy atom. The molecule has 0 radical (unpaired) electrons. The van der Waals surface area contributed by atoms with Crippen LogP contribution in [0.3, 0.4) is 0 Å². The molecule has 1 aromatic carbocycles. The van der Waals surface area contributed by atoms with Gasteiger partial charge in [-0.3, -0.25) is 9.59 Å². The van der Waals surface area contributed by atoms with Crippen LogP contribution in [0.1, 0.15) is 39.2 Å². The summed E-state index contributed by atoms with van der Waals surface area (Å²) in [6.45, 7) is 6.64. The summed E-state index contributed by atoms with van der Waals surface area (Å²) in [7, 11) is 0. The van der Waals surface area contributed by atoms with Crippen LogP contribution < -0.4 is 10.2 Å². The van der Waals surface area contributed by atoms with E-state index in [1.165, 1.54) is 5.56 Å². The molecule has 4 heteroatoms. The number of fused-ring (bicyclic) bond motifs is 1. The van der Waals surface area contributed by atoms with Crippen LogP contribution in [0.2, 0.25) is 0 Å². The van der Waals surface area contributed by atoms with Crippen molar-refractivity contribution in [2.45, 2.75) is 46.1 Å². The van der Waals surface area contributed by atoms with Crippen LogP contribution in [0.5, 0.6) is 0 Å². The van der Waals surface area contributed by atoms with Gasteiger partial charge >= 0.3 is 0 Å². The van der Waals surface area contributed by atoms with Gasteiger partial charge in [0.05, 0.1) is 0 Å². The van der Waals surface area contributed by atoms with Crippen LogP contribution in [0, 0.1) is 5.92 Å². The zero-order valence-electron chi connectivity index (χ0n) is 13.1. The minimum absolute atomic E-state index is 0.00968. The number of rotatable bonds is 5. The Morgan fingerprint density at radius 1 is 1.29 bits per heavy atom. The SMILES string of the molecule is CCC(=O)N[C@H](CC(C)C)C(=O)N1CCc2ccccc21. The Bertz CT molecular complexity index is 525.